The zero-order valence-corrected chi connectivity index (χ0v) is 10.6. The Morgan fingerprint density at radius 3 is 2.35 bits per heavy atom. The van der Waals surface area contributed by atoms with Crippen molar-refractivity contribution in [2.75, 3.05) is 0 Å². The average molecular weight is 251 g/mol. The summed E-state index contributed by atoms with van der Waals surface area (Å²) in [4.78, 5) is 8.06. The van der Waals surface area contributed by atoms with E-state index in [-0.39, 0.29) is 10.8 Å². The second-order valence-corrected chi connectivity index (χ2v) is 4.39. The fourth-order valence-corrected chi connectivity index (χ4v) is 1.75. The number of benzene rings is 1. The van der Waals surface area contributed by atoms with Gasteiger partial charge in [0, 0.05) is 5.56 Å². The smallest absolute Gasteiger partial charge is 0.181 e. The van der Waals surface area contributed by atoms with Crippen LogP contribution in [0, 0.1) is 26.6 Å². The maximum Gasteiger partial charge on any atom is 0.181 e. The molecular formula is C13H12ClFN2. The summed E-state index contributed by atoms with van der Waals surface area (Å²) < 4.78 is 13.3. The predicted molar refractivity (Wildman–Crippen MR) is 66.6 cm³/mol. The number of aryl methyl sites for hydroxylation is 3. The largest absolute Gasteiger partial charge is 0.230 e. The maximum absolute atomic E-state index is 13.3. The Hall–Kier alpha value is -1.48. The van der Waals surface area contributed by atoms with E-state index in [1.165, 1.54) is 5.56 Å². The predicted octanol–water partition coefficient (Wildman–Crippen LogP) is 3.86. The second kappa shape index (κ2) is 4.41. The molecule has 0 spiro atoms. The molecular weight excluding hydrogens is 239 g/mol. The number of hydrogen-bond donors (Lipinski definition) is 0. The second-order valence-electron chi connectivity index (χ2n) is 4.04. The maximum atomic E-state index is 13.3. The van der Waals surface area contributed by atoms with Gasteiger partial charge in [-0.3, -0.25) is 0 Å². The molecule has 1 heterocycles. The summed E-state index contributed by atoms with van der Waals surface area (Å²) in [6.07, 6.45) is 0. The summed E-state index contributed by atoms with van der Waals surface area (Å²) in [6, 6.07) is 5.87. The lowest BCUT2D eigenvalue weighted by Crippen LogP contribution is -1.97. The molecule has 0 atom stereocenters. The molecule has 2 rings (SSSR count). The normalized spacial score (nSPS) is 10.6. The van der Waals surface area contributed by atoms with Crippen LogP contribution in [0.5, 0.6) is 0 Å². The lowest BCUT2D eigenvalue weighted by Gasteiger charge is -2.06. The van der Waals surface area contributed by atoms with Crippen molar-refractivity contribution in [1.82, 2.24) is 9.97 Å². The minimum absolute atomic E-state index is 0.134. The minimum atomic E-state index is -0.556. The van der Waals surface area contributed by atoms with E-state index in [1.54, 1.807) is 6.92 Å². The molecule has 1 aromatic heterocycles. The highest BCUT2D eigenvalue weighted by Crippen LogP contribution is 2.22. The Morgan fingerprint density at radius 2 is 1.76 bits per heavy atom. The topological polar surface area (TPSA) is 25.8 Å². The van der Waals surface area contributed by atoms with Gasteiger partial charge in [0.2, 0.25) is 0 Å². The van der Waals surface area contributed by atoms with Crippen LogP contribution in [0.3, 0.4) is 0 Å². The number of rotatable bonds is 1. The molecule has 2 aromatic rings. The zero-order chi connectivity index (χ0) is 12.6. The van der Waals surface area contributed by atoms with Gasteiger partial charge in [-0.15, -0.1) is 0 Å². The van der Waals surface area contributed by atoms with Crippen LogP contribution in [-0.2, 0) is 0 Å². The van der Waals surface area contributed by atoms with E-state index < -0.39 is 5.82 Å². The minimum Gasteiger partial charge on any atom is -0.230 e. The first-order valence-corrected chi connectivity index (χ1v) is 5.64. The summed E-state index contributed by atoms with van der Waals surface area (Å²) in [6.45, 7) is 5.62. The Kier molecular flexibility index (Phi) is 3.11. The summed E-state index contributed by atoms with van der Waals surface area (Å²) in [7, 11) is 0. The quantitative estimate of drug-likeness (QED) is 0.718. The van der Waals surface area contributed by atoms with Crippen molar-refractivity contribution in [2.24, 2.45) is 0 Å². The van der Waals surface area contributed by atoms with Crippen LogP contribution in [0.2, 0.25) is 5.15 Å². The van der Waals surface area contributed by atoms with E-state index in [1.807, 2.05) is 32.0 Å². The monoisotopic (exact) mass is 250 g/mol. The molecule has 0 radical (unpaired) electrons. The van der Waals surface area contributed by atoms with Crippen LogP contribution in [-0.4, -0.2) is 9.97 Å². The average Bonchev–Trinajstić information content (AvgIpc) is 2.29. The van der Waals surface area contributed by atoms with Gasteiger partial charge in [0.05, 0.1) is 5.69 Å². The van der Waals surface area contributed by atoms with Gasteiger partial charge in [0.15, 0.2) is 16.8 Å². The third kappa shape index (κ3) is 2.29. The van der Waals surface area contributed by atoms with Gasteiger partial charge < -0.3 is 0 Å². The van der Waals surface area contributed by atoms with Crippen LogP contribution >= 0.6 is 11.6 Å². The zero-order valence-electron chi connectivity index (χ0n) is 9.88. The van der Waals surface area contributed by atoms with Crippen molar-refractivity contribution in [1.29, 1.82) is 0 Å². The first-order valence-electron chi connectivity index (χ1n) is 5.26. The van der Waals surface area contributed by atoms with E-state index in [0.29, 0.717) is 5.82 Å². The summed E-state index contributed by atoms with van der Waals surface area (Å²) in [5, 5.41) is -0.134. The molecule has 4 heteroatoms. The first kappa shape index (κ1) is 12.0. The van der Waals surface area contributed by atoms with Crippen LogP contribution < -0.4 is 0 Å². The highest BCUT2D eigenvalue weighted by atomic mass is 35.5. The van der Waals surface area contributed by atoms with E-state index >= 15 is 0 Å². The number of nitrogens with zero attached hydrogens (tertiary/aromatic N) is 2. The van der Waals surface area contributed by atoms with Gasteiger partial charge in [-0.1, -0.05) is 23.7 Å². The van der Waals surface area contributed by atoms with Gasteiger partial charge in [0.25, 0.3) is 0 Å². The third-order valence-corrected chi connectivity index (χ3v) is 2.99. The van der Waals surface area contributed by atoms with Crippen molar-refractivity contribution in [3.8, 4) is 11.4 Å². The molecule has 0 saturated carbocycles. The molecule has 0 saturated heterocycles. The Bertz CT molecular complexity index is 559. The van der Waals surface area contributed by atoms with Crippen molar-refractivity contribution in [2.45, 2.75) is 20.8 Å². The van der Waals surface area contributed by atoms with Crippen LogP contribution in [0.4, 0.5) is 4.39 Å². The lowest BCUT2D eigenvalue weighted by atomic mass is 10.1. The number of halogens is 2. The highest BCUT2D eigenvalue weighted by Gasteiger charge is 2.11. The van der Waals surface area contributed by atoms with Crippen molar-refractivity contribution < 1.29 is 4.39 Å². The molecule has 1 aromatic carbocycles. The van der Waals surface area contributed by atoms with Crippen LogP contribution in [0.25, 0.3) is 11.4 Å². The SMILES string of the molecule is Cc1ccc(-c2nc(C)c(F)c(Cl)n2)cc1C. The highest BCUT2D eigenvalue weighted by molar-refractivity contribution is 6.29. The Balaban J connectivity index is 2.57. The molecule has 0 aliphatic rings. The van der Waals surface area contributed by atoms with Crippen molar-refractivity contribution >= 4 is 11.6 Å². The van der Waals surface area contributed by atoms with Crippen molar-refractivity contribution in [3.05, 3.63) is 46.0 Å². The Labute approximate surface area is 104 Å². The molecule has 0 N–H and O–H groups in total. The summed E-state index contributed by atoms with van der Waals surface area (Å²) >= 11 is 5.71. The van der Waals surface area contributed by atoms with Crippen molar-refractivity contribution in [3.63, 3.8) is 0 Å². The lowest BCUT2D eigenvalue weighted by molar-refractivity contribution is 0.603. The molecule has 0 aliphatic heterocycles. The molecule has 88 valence electrons. The molecule has 2 nitrogen and oxygen atoms in total. The van der Waals surface area contributed by atoms with E-state index in [0.717, 1.165) is 11.1 Å². The fraction of sp³-hybridized carbons (Fsp3) is 0.231. The van der Waals surface area contributed by atoms with E-state index in [2.05, 4.69) is 9.97 Å². The van der Waals surface area contributed by atoms with Gasteiger partial charge in [-0.2, -0.15) is 0 Å². The molecule has 0 fully saturated rings. The first-order chi connectivity index (χ1) is 7.99. The number of hydrogen-bond acceptors (Lipinski definition) is 2. The van der Waals surface area contributed by atoms with E-state index in [4.69, 9.17) is 11.6 Å². The molecule has 0 aliphatic carbocycles. The number of aromatic nitrogens is 2. The van der Waals surface area contributed by atoms with Gasteiger partial charge in [0.1, 0.15) is 0 Å². The standard InChI is InChI=1S/C13H12ClFN2/c1-7-4-5-10(6-8(7)2)13-16-9(3)11(15)12(14)17-13/h4-6H,1-3H3. The van der Waals surface area contributed by atoms with E-state index in [9.17, 15) is 4.39 Å². The third-order valence-electron chi connectivity index (χ3n) is 2.74. The van der Waals surface area contributed by atoms with Crippen LogP contribution in [0.15, 0.2) is 18.2 Å². The molecule has 17 heavy (non-hydrogen) atoms. The summed E-state index contributed by atoms with van der Waals surface area (Å²) in [5.74, 6) is -0.101. The van der Waals surface area contributed by atoms with Gasteiger partial charge in [-0.25, -0.2) is 14.4 Å². The molecule has 0 amide bonds. The van der Waals surface area contributed by atoms with Gasteiger partial charge in [-0.05, 0) is 38.0 Å². The van der Waals surface area contributed by atoms with Gasteiger partial charge >= 0.3 is 0 Å². The molecule has 0 unspecified atom stereocenters. The Morgan fingerprint density at radius 1 is 1.06 bits per heavy atom. The molecule has 0 bridgehead atoms. The van der Waals surface area contributed by atoms with Crippen LogP contribution in [0.1, 0.15) is 16.8 Å². The fourth-order valence-electron chi connectivity index (χ4n) is 1.53. The summed E-state index contributed by atoms with van der Waals surface area (Å²) in [5.41, 5.74) is 3.44.